The molecule has 0 radical (unpaired) electrons. The number of benzene rings is 2. The van der Waals surface area contributed by atoms with E-state index in [0.29, 0.717) is 66.5 Å². The quantitative estimate of drug-likeness (QED) is 0.0587. The molecule has 47 heavy (non-hydrogen) atoms. The van der Waals surface area contributed by atoms with Gasteiger partial charge in [0.2, 0.25) is 12.3 Å². The summed E-state index contributed by atoms with van der Waals surface area (Å²) in [6.07, 6.45) is 4.91. The van der Waals surface area contributed by atoms with Crippen LogP contribution in [-0.4, -0.2) is 60.4 Å². The Labute approximate surface area is 284 Å². The Bertz CT molecular complexity index is 1480. The number of halogens is 2. The van der Waals surface area contributed by atoms with E-state index in [1.807, 2.05) is 37.3 Å². The SMILES string of the molecule is Cc1ccccc1NN(C)C(=O)[C@H](CCCCN)NC(=O)[C@H](CCCN)NCc1cccnc1Sc1c(Cl)ccc(F)c1CNC=O. The lowest BCUT2D eigenvalue weighted by Gasteiger charge is -2.28. The molecule has 0 bridgehead atoms. The largest absolute Gasteiger partial charge is 0.354 e. The predicted molar refractivity (Wildman–Crippen MR) is 184 cm³/mol. The number of anilines is 1. The monoisotopic (exact) mass is 686 g/mol. The molecule has 0 fully saturated rings. The second kappa shape index (κ2) is 19.8. The third-order valence-electron chi connectivity index (χ3n) is 7.44. The number of aromatic nitrogens is 1. The van der Waals surface area contributed by atoms with Crippen LogP contribution < -0.4 is 32.8 Å². The van der Waals surface area contributed by atoms with Crippen molar-refractivity contribution < 1.29 is 18.8 Å². The number of nitrogens with two attached hydrogens (primary N) is 2. The fourth-order valence-electron chi connectivity index (χ4n) is 4.81. The van der Waals surface area contributed by atoms with Gasteiger partial charge in [-0.25, -0.2) is 9.37 Å². The highest BCUT2D eigenvalue weighted by atomic mass is 35.5. The molecule has 0 aliphatic carbocycles. The fourth-order valence-corrected chi connectivity index (χ4v) is 6.14. The number of hydrogen-bond acceptors (Lipinski definition) is 9. The van der Waals surface area contributed by atoms with Crippen LogP contribution in [0.25, 0.3) is 0 Å². The molecular formula is C33H44ClFN8O3S. The standard InChI is InChI=1S/C33H44ClFN8O3S/c1-22-9-3-4-11-27(22)42-43(2)33(46)29(12-5-6-16-36)41-31(45)28(13-7-17-37)40-19-23-10-8-18-39-32(23)47-30-24(20-38-21-44)26(35)15-14-25(30)34/h3-4,8-11,14-15,18,21,28-29,40,42H,5-7,12-13,16-17,19-20,36-37H2,1-2H3,(H,38,44)(H,41,45)/t28-,29-/m0/s1. The van der Waals surface area contributed by atoms with Gasteiger partial charge in [-0.3, -0.25) is 24.8 Å². The van der Waals surface area contributed by atoms with Crippen LogP contribution >= 0.6 is 23.4 Å². The average molecular weight is 687 g/mol. The first-order valence-corrected chi connectivity index (χ1v) is 16.7. The molecule has 3 amide bonds. The molecule has 8 N–H and O–H groups in total. The summed E-state index contributed by atoms with van der Waals surface area (Å²) in [6, 6.07) is 12.5. The Morgan fingerprint density at radius 1 is 1.02 bits per heavy atom. The number of likely N-dealkylation sites (N-methyl/N-ethyl adjacent to an activating group) is 1. The molecule has 11 nitrogen and oxygen atoms in total. The van der Waals surface area contributed by atoms with Crippen LogP contribution in [0.1, 0.15) is 48.8 Å². The Hall–Kier alpha value is -3.75. The number of nitrogens with one attached hydrogen (secondary N) is 4. The number of para-hydroxylation sites is 1. The highest BCUT2D eigenvalue weighted by molar-refractivity contribution is 7.99. The van der Waals surface area contributed by atoms with Crippen LogP contribution in [0.4, 0.5) is 10.1 Å². The minimum atomic E-state index is -0.782. The maximum atomic E-state index is 14.7. The number of carbonyl (C=O) groups is 3. The van der Waals surface area contributed by atoms with Crippen molar-refractivity contribution >= 4 is 47.3 Å². The third kappa shape index (κ3) is 11.5. The van der Waals surface area contributed by atoms with Gasteiger partial charge in [0.05, 0.1) is 16.8 Å². The number of carbonyl (C=O) groups excluding carboxylic acids is 3. The summed E-state index contributed by atoms with van der Waals surface area (Å²) in [7, 11) is 1.63. The summed E-state index contributed by atoms with van der Waals surface area (Å²) in [5.74, 6) is -1.12. The van der Waals surface area contributed by atoms with Crippen molar-refractivity contribution in [3.05, 3.63) is 82.3 Å². The predicted octanol–water partition coefficient (Wildman–Crippen LogP) is 3.88. The van der Waals surface area contributed by atoms with E-state index in [2.05, 4.69) is 26.4 Å². The van der Waals surface area contributed by atoms with E-state index >= 15 is 0 Å². The van der Waals surface area contributed by atoms with Crippen molar-refractivity contribution in [3.63, 3.8) is 0 Å². The Balaban J connectivity index is 1.78. The number of amides is 3. The van der Waals surface area contributed by atoms with Crippen molar-refractivity contribution in [3.8, 4) is 0 Å². The molecule has 14 heteroatoms. The molecule has 0 aliphatic heterocycles. The van der Waals surface area contributed by atoms with Gasteiger partial charge in [0.1, 0.15) is 16.9 Å². The first kappa shape index (κ1) is 37.7. The molecule has 3 aromatic rings. The number of rotatable bonds is 20. The highest BCUT2D eigenvalue weighted by Crippen LogP contribution is 2.37. The zero-order valence-electron chi connectivity index (χ0n) is 26.7. The molecule has 1 heterocycles. The number of pyridine rings is 1. The molecule has 0 unspecified atom stereocenters. The maximum Gasteiger partial charge on any atom is 0.263 e. The average Bonchev–Trinajstić information content (AvgIpc) is 3.07. The molecule has 0 saturated carbocycles. The van der Waals surface area contributed by atoms with Crippen molar-refractivity contribution in [2.75, 3.05) is 25.6 Å². The van der Waals surface area contributed by atoms with Gasteiger partial charge >= 0.3 is 0 Å². The van der Waals surface area contributed by atoms with Gasteiger partial charge in [-0.15, -0.1) is 0 Å². The van der Waals surface area contributed by atoms with Crippen molar-refractivity contribution in [2.45, 2.75) is 74.1 Å². The van der Waals surface area contributed by atoms with E-state index in [1.54, 1.807) is 19.3 Å². The number of nitrogens with zero attached hydrogens (tertiary/aromatic N) is 2. The smallest absolute Gasteiger partial charge is 0.263 e. The van der Waals surface area contributed by atoms with Crippen LogP contribution in [0.15, 0.2) is 64.6 Å². The lowest BCUT2D eigenvalue weighted by molar-refractivity contribution is -0.135. The summed E-state index contributed by atoms with van der Waals surface area (Å²) < 4.78 is 14.7. The van der Waals surface area contributed by atoms with E-state index in [1.165, 1.54) is 28.9 Å². The van der Waals surface area contributed by atoms with E-state index in [-0.39, 0.29) is 30.5 Å². The molecule has 0 saturated heterocycles. The van der Waals surface area contributed by atoms with Crippen LogP contribution in [0.3, 0.4) is 0 Å². The summed E-state index contributed by atoms with van der Waals surface area (Å²) in [5, 5.41) is 11.0. The molecule has 0 aliphatic rings. The maximum absolute atomic E-state index is 14.7. The van der Waals surface area contributed by atoms with Gasteiger partial charge in [0, 0.05) is 36.8 Å². The van der Waals surface area contributed by atoms with Crippen molar-refractivity contribution in [1.29, 1.82) is 0 Å². The van der Waals surface area contributed by atoms with Crippen LogP contribution in [0.5, 0.6) is 0 Å². The van der Waals surface area contributed by atoms with Gasteiger partial charge in [-0.1, -0.05) is 47.6 Å². The number of aryl methyl sites for hydroxylation is 1. The van der Waals surface area contributed by atoms with Crippen molar-refractivity contribution in [2.24, 2.45) is 11.5 Å². The van der Waals surface area contributed by atoms with Crippen molar-refractivity contribution in [1.82, 2.24) is 25.9 Å². The number of unbranched alkanes of at least 4 members (excludes halogenated alkanes) is 1. The second-order valence-corrected chi connectivity index (χ2v) is 12.3. The summed E-state index contributed by atoms with van der Waals surface area (Å²) in [5.41, 5.74) is 17.4. The van der Waals surface area contributed by atoms with E-state index < -0.39 is 17.9 Å². The Morgan fingerprint density at radius 2 is 1.77 bits per heavy atom. The first-order valence-electron chi connectivity index (χ1n) is 15.5. The Kier molecular flexibility index (Phi) is 15.9. The van der Waals surface area contributed by atoms with Crippen LogP contribution in [-0.2, 0) is 27.5 Å². The van der Waals surface area contributed by atoms with Gasteiger partial charge in [0.15, 0.2) is 0 Å². The van der Waals surface area contributed by atoms with E-state index in [9.17, 15) is 18.8 Å². The fraction of sp³-hybridized carbons (Fsp3) is 0.394. The van der Waals surface area contributed by atoms with Gasteiger partial charge < -0.3 is 27.4 Å². The van der Waals surface area contributed by atoms with Crippen LogP contribution in [0.2, 0.25) is 5.02 Å². The zero-order chi connectivity index (χ0) is 34.2. The third-order valence-corrected chi connectivity index (χ3v) is 9.10. The molecule has 1 aromatic heterocycles. The van der Waals surface area contributed by atoms with E-state index in [0.717, 1.165) is 16.8 Å². The summed E-state index contributed by atoms with van der Waals surface area (Å²) in [4.78, 5) is 43.1. The minimum absolute atomic E-state index is 0.0409. The lowest BCUT2D eigenvalue weighted by Crippen LogP contribution is -2.53. The van der Waals surface area contributed by atoms with Gasteiger partial charge in [-0.2, -0.15) is 0 Å². The first-order chi connectivity index (χ1) is 22.7. The summed E-state index contributed by atoms with van der Waals surface area (Å²) in [6.45, 7) is 3.01. The molecule has 2 atom stereocenters. The number of hydrogen-bond donors (Lipinski definition) is 6. The highest BCUT2D eigenvalue weighted by Gasteiger charge is 2.28. The minimum Gasteiger partial charge on any atom is -0.354 e. The van der Waals surface area contributed by atoms with E-state index in [4.69, 9.17) is 23.1 Å². The lowest BCUT2D eigenvalue weighted by atomic mass is 10.1. The topological polar surface area (TPSA) is 168 Å². The zero-order valence-corrected chi connectivity index (χ0v) is 28.3. The Morgan fingerprint density at radius 3 is 2.49 bits per heavy atom. The summed E-state index contributed by atoms with van der Waals surface area (Å²) >= 11 is 7.62. The second-order valence-electron chi connectivity index (χ2n) is 10.9. The molecule has 3 rings (SSSR count). The van der Waals surface area contributed by atoms with Gasteiger partial charge in [0.25, 0.3) is 5.91 Å². The van der Waals surface area contributed by atoms with Gasteiger partial charge in [-0.05, 0) is 87.5 Å². The molecule has 0 spiro atoms. The van der Waals surface area contributed by atoms with Crippen LogP contribution in [0, 0.1) is 12.7 Å². The number of hydrazine groups is 1. The molecule has 2 aromatic carbocycles. The normalized spacial score (nSPS) is 12.2. The molecule has 254 valence electrons. The molecular weight excluding hydrogens is 643 g/mol.